The van der Waals surface area contributed by atoms with Gasteiger partial charge in [0.1, 0.15) is 9.83 Å². The van der Waals surface area contributed by atoms with Gasteiger partial charge in [-0.2, -0.15) is 5.26 Å². The molecule has 0 spiro atoms. The number of hydrogen-bond acceptors (Lipinski definition) is 9. The highest BCUT2D eigenvalue weighted by molar-refractivity contribution is 7.30. The van der Waals surface area contributed by atoms with E-state index in [0.29, 0.717) is 16.4 Å². The van der Waals surface area contributed by atoms with Crippen molar-refractivity contribution in [2.24, 2.45) is 20.5 Å². The van der Waals surface area contributed by atoms with Gasteiger partial charge in [0.15, 0.2) is 0 Å². The normalized spacial score (nSPS) is 14.2. The van der Waals surface area contributed by atoms with E-state index in [1.54, 1.807) is 24.3 Å². The van der Waals surface area contributed by atoms with Gasteiger partial charge in [0.05, 0.1) is 27.7 Å². The third-order valence-corrected chi connectivity index (χ3v) is 6.83. The van der Waals surface area contributed by atoms with Crippen LogP contribution in [-0.2, 0) is 0 Å². The third kappa shape index (κ3) is 4.50. The first-order valence-corrected chi connectivity index (χ1v) is 11.5. The van der Waals surface area contributed by atoms with Crippen LogP contribution in [0.2, 0.25) is 0 Å². The van der Waals surface area contributed by atoms with E-state index in [2.05, 4.69) is 48.5 Å². The van der Waals surface area contributed by atoms with Crippen molar-refractivity contribution in [1.82, 2.24) is 4.98 Å². The van der Waals surface area contributed by atoms with E-state index in [9.17, 15) is 0 Å². The van der Waals surface area contributed by atoms with E-state index in [-0.39, 0.29) is 0 Å². The second kappa shape index (κ2) is 8.71. The zero-order valence-corrected chi connectivity index (χ0v) is 18.1. The molecular formula is C22H17N7S2. The summed E-state index contributed by atoms with van der Waals surface area (Å²) in [5, 5.41) is 27.4. The van der Waals surface area contributed by atoms with Gasteiger partial charge in [-0.3, -0.25) is 0 Å². The molecule has 9 heteroatoms. The molecule has 1 fully saturated rings. The summed E-state index contributed by atoms with van der Waals surface area (Å²) in [6.45, 7) is 2.26. The molecule has 0 radical (unpaired) electrons. The van der Waals surface area contributed by atoms with E-state index >= 15 is 0 Å². The third-order valence-electron chi connectivity index (χ3n) is 4.90. The molecule has 0 N–H and O–H groups in total. The van der Waals surface area contributed by atoms with Crippen LogP contribution in [0.15, 0.2) is 75.1 Å². The van der Waals surface area contributed by atoms with E-state index in [1.807, 2.05) is 18.2 Å². The maximum absolute atomic E-state index is 8.85. The molecule has 2 aromatic heterocycles. The van der Waals surface area contributed by atoms with Crippen molar-refractivity contribution in [2.45, 2.75) is 12.8 Å². The molecule has 0 bridgehead atoms. The van der Waals surface area contributed by atoms with Crippen LogP contribution >= 0.6 is 22.7 Å². The Morgan fingerprint density at radius 3 is 2.19 bits per heavy atom. The summed E-state index contributed by atoms with van der Waals surface area (Å²) in [6, 6.07) is 19.2. The highest BCUT2D eigenvalue weighted by Crippen LogP contribution is 2.39. The van der Waals surface area contributed by atoms with Gasteiger partial charge in [-0.15, -0.1) is 20.5 Å². The van der Waals surface area contributed by atoms with E-state index in [1.165, 1.54) is 41.2 Å². The van der Waals surface area contributed by atoms with Gasteiger partial charge < -0.3 is 4.90 Å². The van der Waals surface area contributed by atoms with Crippen LogP contribution in [0.4, 0.5) is 27.2 Å². The second-order valence-corrected chi connectivity index (χ2v) is 9.04. The Hall–Kier alpha value is -3.48. The number of anilines is 1. The van der Waals surface area contributed by atoms with Crippen molar-refractivity contribution in [3.63, 3.8) is 0 Å². The van der Waals surface area contributed by atoms with Crippen molar-refractivity contribution in [3.8, 4) is 6.07 Å². The quantitative estimate of drug-likeness (QED) is 0.296. The molecule has 0 saturated carbocycles. The maximum Gasteiger partial charge on any atom is 0.231 e. The smallest absolute Gasteiger partial charge is 0.231 e. The van der Waals surface area contributed by atoms with Crippen LogP contribution in [0.25, 0.3) is 9.53 Å². The Morgan fingerprint density at radius 2 is 1.52 bits per heavy atom. The summed E-state index contributed by atoms with van der Waals surface area (Å²) in [5.41, 5.74) is 3.37. The van der Waals surface area contributed by atoms with Gasteiger partial charge in [0.25, 0.3) is 0 Å². The highest BCUT2D eigenvalue weighted by atomic mass is 32.1. The number of hydrogen-bond donors (Lipinski definition) is 0. The average Bonchev–Trinajstić information content (AvgIpc) is 3.54. The molecule has 0 amide bonds. The number of thiazole rings is 1. The molecule has 0 aliphatic carbocycles. The van der Waals surface area contributed by atoms with Crippen LogP contribution in [0.5, 0.6) is 0 Å². The summed E-state index contributed by atoms with van der Waals surface area (Å²) in [4.78, 5) is 7.80. The highest BCUT2D eigenvalue weighted by Gasteiger charge is 2.12. The molecule has 1 saturated heterocycles. The topological polar surface area (TPSA) is 89.4 Å². The van der Waals surface area contributed by atoms with Gasteiger partial charge in [0.2, 0.25) is 5.13 Å². The molecular weight excluding hydrogens is 426 g/mol. The Labute approximate surface area is 187 Å². The lowest BCUT2D eigenvalue weighted by Crippen LogP contribution is -2.17. The van der Waals surface area contributed by atoms with Gasteiger partial charge in [-0.25, -0.2) is 4.98 Å². The number of azo groups is 2. The van der Waals surface area contributed by atoms with Crippen molar-refractivity contribution in [2.75, 3.05) is 18.0 Å². The first kappa shape index (κ1) is 19.5. The minimum absolute atomic E-state index is 0.601. The fourth-order valence-electron chi connectivity index (χ4n) is 3.32. The summed E-state index contributed by atoms with van der Waals surface area (Å²) >= 11 is 2.94. The molecule has 1 aliphatic heterocycles. The van der Waals surface area contributed by atoms with Crippen LogP contribution in [0, 0.1) is 11.3 Å². The molecule has 5 rings (SSSR count). The summed E-state index contributed by atoms with van der Waals surface area (Å²) in [7, 11) is 0. The van der Waals surface area contributed by atoms with E-state index in [4.69, 9.17) is 5.26 Å². The molecule has 7 nitrogen and oxygen atoms in total. The zero-order valence-electron chi connectivity index (χ0n) is 16.5. The lowest BCUT2D eigenvalue weighted by atomic mass is 10.2. The SMILES string of the molecule is N#Cc1ccc(N=Nc2cc3sc(N=Nc4ccc(N5CCCC5)cc4)nc3s2)cc1. The molecule has 31 heavy (non-hydrogen) atoms. The fourth-order valence-corrected chi connectivity index (χ4v) is 5.17. The molecule has 152 valence electrons. The van der Waals surface area contributed by atoms with Crippen LogP contribution in [-0.4, -0.2) is 18.1 Å². The summed E-state index contributed by atoms with van der Waals surface area (Å²) in [5.74, 6) is 0. The standard InChI is InChI=1S/C22H17N7S2/c23-14-15-3-5-16(6-4-15)25-27-20-13-19-21(31-20)24-22(30-19)28-26-17-7-9-18(10-8-17)29-11-1-2-12-29/h3-10,13H,1-2,11-12H2. The van der Waals surface area contributed by atoms with E-state index < -0.39 is 0 Å². The number of nitrogens with zero attached hydrogens (tertiary/aromatic N) is 7. The van der Waals surface area contributed by atoms with Crippen LogP contribution in [0.3, 0.4) is 0 Å². The van der Waals surface area contributed by atoms with Crippen molar-refractivity contribution < 1.29 is 0 Å². The van der Waals surface area contributed by atoms with Crippen LogP contribution < -0.4 is 4.90 Å². The van der Waals surface area contributed by atoms with Crippen molar-refractivity contribution in [3.05, 3.63) is 60.2 Å². The molecule has 3 heterocycles. The van der Waals surface area contributed by atoms with Crippen molar-refractivity contribution >= 4 is 59.4 Å². The zero-order chi connectivity index (χ0) is 21.0. The minimum atomic E-state index is 0.601. The van der Waals surface area contributed by atoms with Crippen molar-refractivity contribution in [1.29, 1.82) is 5.26 Å². The van der Waals surface area contributed by atoms with E-state index in [0.717, 1.165) is 33.3 Å². The number of rotatable bonds is 5. The monoisotopic (exact) mass is 443 g/mol. The molecule has 0 atom stereocenters. The molecule has 1 aliphatic rings. The lowest BCUT2D eigenvalue weighted by molar-refractivity contribution is 0.949. The Morgan fingerprint density at radius 1 is 0.839 bits per heavy atom. The fraction of sp³-hybridized carbons (Fsp3) is 0.182. The maximum atomic E-state index is 8.85. The predicted molar refractivity (Wildman–Crippen MR) is 125 cm³/mol. The Bertz CT molecular complexity index is 1260. The largest absolute Gasteiger partial charge is 0.372 e. The Balaban J connectivity index is 1.25. The first-order chi connectivity index (χ1) is 15.3. The molecule has 4 aromatic rings. The molecule has 2 aromatic carbocycles. The van der Waals surface area contributed by atoms with Crippen LogP contribution in [0.1, 0.15) is 18.4 Å². The lowest BCUT2D eigenvalue weighted by Gasteiger charge is -2.17. The Kier molecular flexibility index (Phi) is 5.48. The number of aromatic nitrogens is 1. The number of thiophene rings is 1. The summed E-state index contributed by atoms with van der Waals surface area (Å²) < 4.78 is 1.01. The van der Waals surface area contributed by atoms with Gasteiger partial charge in [-0.05, 0) is 67.4 Å². The first-order valence-electron chi connectivity index (χ1n) is 9.86. The number of benzene rings is 2. The minimum Gasteiger partial charge on any atom is -0.372 e. The van der Waals surface area contributed by atoms with Gasteiger partial charge in [-0.1, -0.05) is 22.7 Å². The summed E-state index contributed by atoms with van der Waals surface area (Å²) in [6.07, 6.45) is 2.53. The van der Waals surface area contributed by atoms with Gasteiger partial charge in [0, 0.05) is 18.8 Å². The molecule has 0 unspecified atom stereocenters. The predicted octanol–water partition coefficient (Wildman–Crippen LogP) is 7.66. The number of fused-ring (bicyclic) bond motifs is 1. The van der Waals surface area contributed by atoms with Gasteiger partial charge >= 0.3 is 0 Å². The average molecular weight is 444 g/mol. The second-order valence-electron chi connectivity index (χ2n) is 7.02. The number of nitriles is 1.